The van der Waals surface area contributed by atoms with Gasteiger partial charge < -0.3 is 10.1 Å². The van der Waals surface area contributed by atoms with Crippen molar-refractivity contribution in [2.75, 3.05) is 25.1 Å². The van der Waals surface area contributed by atoms with Gasteiger partial charge in [-0.25, -0.2) is 4.52 Å². The molecule has 0 aromatic carbocycles. The molecule has 2 aromatic heterocycles. The lowest BCUT2D eigenvalue weighted by Crippen LogP contribution is -2.11. The summed E-state index contributed by atoms with van der Waals surface area (Å²) in [5.74, 6) is 1.35. The minimum absolute atomic E-state index is 0.654. The van der Waals surface area contributed by atoms with Crippen LogP contribution in [0, 0.1) is 12.8 Å². The Morgan fingerprint density at radius 1 is 1.37 bits per heavy atom. The third-order valence-corrected chi connectivity index (χ3v) is 2.93. The van der Waals surface area contributed by atoms with Crippen LogP contribution in [0.4, 0.5) is 5.95 Å². The summed E-state index contributed by atoms with van der Waals surface area (Å²) >= 11 is 0. The zero-order valence-corrected chi connectivity index (χ0v) is 11.9. The number of ether oxygens (including phenoxy) is 1. The Labute approximate surface area is 114 Å². The molecule has 0 aliphatic rings. The molecular formula is C14H22N4O. The van der Waals surface area contributed by atoms with Gasteiger partial charge in [-0.2, -0.15) is 4.98 Å². The number of nitrogens with zero attached hydrogens (tertiary/aromatic N) is 3. The molecule has 19 heavy (non-hydrogen) atoms. The maximum absolute atomic E-state index is 5.54. The Hall–Kier alpha value is -1.62. The van der Waals surface area contributed by atoms with E-state index in [1.807, 2.05) is 25.3 Å². The van der Waals surface area contributed by atoms with Crippen molar-refractivity contribution >= 4 is 11.6 Å². The minimum Gasteiger partial charge on any atom is -0.380 e. The van der Waals surface area contributed by atoms with Gasteiger partial charge in [0.1, 0.15) is 0 Å². The standard InChI is InChI=1S/C14H22N4O/c1-11(2)6-9-19-10-7-15-14-16-13-12(3)5-4-8-18(13)17-14/h4-5,8,11H,6-7,9-10H2,1-3H3,(H,15,17). The number of pyridine rings is 1. The van der Waals surface area contributed by atoms with E-state index < -0.39 is 0 Å². The smallest absolute Gasteiger partial charge is 0.243 e. The molecule has 2 heterocycles. The third kappa shape index (κ3) is 3.92. The average molecular weight is 262 g/mol. The highest BCUT2D eigenvalue weighted by Crippen LogP contribution is 2.09. The summed E-state index contributed by atoms with van der Waals surface area (Å²) in [6.07, 6.45) is 3.01. The van der Waals surface area contributed by atoms with E-state index in [-0.39, 0.29) is 0 Å². The highest BCUT2D eigenvalue weighted by atomic mass is 16.5. The second kappa shape index (κ2) is 6.52. The van der Waals surface area contributed by atoms with Gasteiger partial charge in [0.15, 0.2) is 5.65 Å². The van der Waals surface area contributed by atoms with Gasteiger partial charge in [-0.3, -0.25) is 0 Å². The number of fused-ring (bicyclic) bond motifs is 1. The fourth-order valence-electron chi connectivity index (χ4n) is 1.77. The van der Waals surface area contributed by atoms with E-state index in [0.29, 0.717) is 18.5 Å². The summed E-state index contributed by atoms with van der Waals surface area (Å²) in [4.78, 5) is 4.44. The number of rotatable bonds is 7. The van der Waals surface area contributed by atoms with Crippen LogP contribution in [0.2, 0.25) is 0 Å². The average Bonchev–Trinajstić information content (AvgIpc) is 2.78. The van der Waals surface area contributed by atoms with E-state index >= 15 is 0 Å². The predicted octanol–water partition coefficient (Wildman–Crippen LogP) is 2.51. The van der Waals surface area contributed by atoms with E-state index in [4.69, 9.17) is 4.74 Å². The summed E-state index contributed by atoms with van der Waals surface area (Å²) in [6.45, 7) is 8.66. The quantitative estimate of drug-likeness (QED) is 0.779. The van der Waals surface area contributed by atoms with Crippen LogP contribution in [-0.4, -0.2) is 34.4 Å². The summed E-state index contributed by atoms with van der Waals surface area (Å²) in [7, 11) is 0. The number of hydrogen-bond donors (Lipinski definition) is 1. The topological polar surface area (TPSA) is 51.5 Å². The van der Waals surface area contributed by atoms with Crippen LogP contribution in [0.5, 0.6) is 0 Å². The molecule has 0 saturated carbocycles. The molecule has 5 nitrogen and oxygen atoms in total. The highest BCUT2D eigenvalue weighted by molar-refractivity contribution is 5.49. The lowest BCUT2D eigenvalue weighted by Gasteiger charge is -2.06. The Bertz CT molecular complexity index is 521. The van der Waals surface area contributed by atoms with Gasteiger partial charge in [0, 0.05) is 19.3 Å². The monoisotopic (exact) mass is 262 g/mol. The zero-order chi connectivity index (χ0) is 13.7. The molecule has 2 aromatic rings. The van der Waals surface area contributed by atoms with Crippen LogP contribution in [0.3, 0.4) is 0 Å². The molecule has 0 radical (unpaired) electrons. The molecule has 0 bridgehead atoms. The molecule has 104 valence electrons. The van der Waals surface area contributed by atoms with Gasteiger partial charge in [0.05, 0.1) is 6.61 Å². The normalized spacial score (nSPS) is 11.4. The molecule has 2 rings (SSSR count). The van der Waals surface area contributed by atoms with E-state index in [2.05, 4.69) is 29.2 Å². The highest BCUT2D eigenvalue weighted by Gasteiger charge is 2.04. The lowest BCUT2D eigenvalue weighted by molar-refractivity contribution is 0.132. The SMILES string of the molecule is Cc1cccn2nc(NCCOCCC(C)C)nc12. The molecule has 5 heteroatoms. The molecule has 1 N–H and O–H groups in total. The van der Waals surface area contributed by atoms with Crippen LogP contribution in [0.25, 0.3) is 5.65 Å². The van der Waals surface area contributed by atoms with E-state index in [1.54, 1.807) is 4.52 Å². The number of aromatic nitrogens is 3. The Morgan fingerprint density at radius 3 is 2.95 bits per heavy atom. The van der Waals surface area contributed by atoms with Crippen molar-refractivity contribution in [3.05, 3.63) is 23.9 Å². The van der Waals surface area contributed by atoms with Crippen molar-refractivity contribution < 1.29 is 4.74 Å². The number of nitrogens with one attached hydrogen (secondary N) is 1. The van der Waals surface area contributed by atoms with Crippen molar-refractivity contribution in [3.8, 4) is 0 Å². The summed E-state index contributed by atoms with van der Waals surface area (Å²) in [6, 6.07) is 4.00. The molecule has 0 amide bonds. The minimum atomic E-state index is 0.654. The number of anilines is 1. The van der Waals surface area contributed by atoms with Crippen molar-refractivity contribution in [3.63, 3.8) is 0 Å². The lowest BCUT2D eigenvalue weighted by atomic mass is 10.1. The van der Waals surface area contributed by atoms with E-state index in [1.165, 1.54) is 0 Å². The fraction of sp³-hybridized carbons (Fsp3) is 0.571. The second-order valence-corrected chi connectivity index (χ2v) is 5.12. The third-order valence-electron chi connectivity index (χ3n) is 2.93. The Balaban J connectivity index is 1.77. The molecule has 0 saturated heterocycles. The van der Waals surface area contributed by atoms with Gasteiger partial charge in [0.25, 0.3) is 0 Å². The van der Waals surface area contributed by atoms with Gasteiger partial charge in [-0.1, -0.05) is 19.9 Å². The van der Waals surface area contributed by atoms with Gasteiger partial charge in [-0.05, 0) is 30.9 Å². The first-order valence-corrected chi connectivity index (χ1v) is 6.80. The van der Waals surface area contributed by atoms with Crippen LogP contribution < -0.4 is 5.32 Å². The first-order chi connectivity index (χ1) is 9.16. The number of hydrogen-bond acceptors (Lipinski definition) is 4. The molecular weight excluding hydrogens is 240 g/mol. The van der Waals surface area contributed by atoms with Crippen LogP contribution in [0.15, 0.2) is 18.3 Å². The van der Waals surface area contributed by atoms with Crippen molar-refractivity contribution in [1.82, 2.24) is 14.6 Å². The van der Waals surface area contributed by atoms with Crippen LogP contribution in [-0.2, 0) is 4.74 Å². The molecule has 0 aliphatic carbocycles. The number of aryl methyl sites for hydroxylation is 1. The fourth-order valence-corrected chi connectivity index (χ4v) is 1.77. The first-order valence-electron chi connectivity index (χ1n) is 6.80. The Morgan fingerprint density at radius 2 is 2.21 bits per heavy atom. The van der Waals surface area contributed by atoms with Gasteiger partial charge in [0.2, 0.25) is 5.95 Å². The van der Waals surface area contributed by atoms with E-state index in [9.17, 15) is 0 Å². The largest absolute Gasteiger partial charge is 0.380 e. The van der Waals surface area contributed by atoms with Crippen molar-refractivity contribution in [2.45, 2.75) is 27.2 Å². The molecule has 0 fully saturated rings. The van der Waals surface area contributed by atoms with E-state index in [0.717, 1.165) is 30.8 Å². The summed E-state index contributed by atoms with van der Waals surface area (Å²) < 4.78 is 7.33. The Kier molecular flexibility index (Phi) is 4.74. The van der Waals surface area contributed by atoms with Gasteiger partial charge >= 0.3 is 0 Å². The van der Waals surface area contributed by atoms with Crippen molar-refractivity contribution in [2.24, 2.45) is 5.92 Å². The molecule has 0 spiro atoms. The second-order valence-electron chi connectivity index (χ2n) is 5.12. The zero-order valence-electron chi connectivity index (χ0n) is 11.9. The van der Waals surface area contributed by atoms with Gasteiger partial charge in [-0.15, -0.1) is 5.10 Å². The van der Waals surface area contributed by atoms with Crippen molar-refractivity contribution in [1.29, 1.82) is 0 Å². The molecule has 0 unspecified atom stereocenters. The molecule has 0 aliphatic heterocycles. The first kappa shape index (κ1) is 13.8. The van der Waals surface area contributed by atoms with Crippen LogP contribution in [0.1, 0.15) is 25.8 Å². The summed E-state index contributed by atoms with van der Waals surface area (Å²) in [5.41, 5.74) is 2.02. The predicted molar refractivity (Wildman–Crippen MR) is 76.5 cm³/mol. The maximum Gasteiger partial charge on any atom is 0.243 e. The summed E-state index contributed by atoms with van der Waals surface area (Å²) in [5, 5.41) is 7.54. The maximum atomic E-state index is 5.54. The molecule has 0 atom stereocenters. The van der Waals surface area contributed by atoms with Crippen LogP contribution >= 0.6 is 0 Å².